The zero-order valence-electron chi connectivity index (χ0n) is 16.4. The third-order valence-corrected chi connectivity index (χ3v) is 3.49. The maximum atomic E-state index is 5.44. The SMILES string of the molecule is CCNC(=NCCCN(C(C)C)C(C)C)NCCOCCOC.I. The molecule has 0 fully saturated rings. The van der Waals surface area contributed by atoms with Gasteiger partial charge >= 0.3 is 0 Å². The van der Waals surface area contributed by atoms with E-state index in [9.17, 15) is 0 Å². The van der Waals surface area contributed by atoms with Crippen LogP contribution in [0.1, 0.15) is 41.0 Å². The Morgan fingerprint density at radius 1 is 1.04 bits per heavy atom. The first-order valence-electron chi connectivity index (χ1n) is 8.87. The smallest absolute Gasteiger partial charge is 0.191 e. The van der Waals surface area contributed by atoms with Crippen LogP contribution in [0, 0.1) is 0 Å². The normalized spacial score (nSPS) is 12.0. The molecule has 0 aromatic carbocycles. The molecule has 0 amide bonds. The molecule has 0 spiro atoms. The Bertz CT molecular complexity index is 294. The van der Waals surface area contributed by atoms with Crippen molar-refractivity contribution in [2.24, 2.45) is 4.99 Å². The molecule has 0 aliphatic rings. The van der Waals surface area contributed by atoms with Crippen molar-refractivity contribution < 1.29 is 9.47 Å². The summed E-state index contributed by atoms with van der Waals surface area (Å²) in [6, 6.07) is 1.16. The summed E-state index contributed by atoms with van der Waals surface area (Å²) in [6.07, 6.45) is 1.07. The lowest BCUT2D eigenvalue weighted by Crippen LogP contribution is -2.40. The molecule has 0 bridgehead atoms. The highest BCUT2D eigenvalue weighted by Crippen LogP contribution is 2.05. The summed E-state index contributed by atoms with van der Waals surface area (Å²) in [7, 11) is 1.68. The number of halogens is 1. The summed E-state index contributed by atoms with van der Waals surface area (Å²) in [6.45, 7) is 16.5. The zero-order chi connectivity index (χ0) is 17.5. The van der Waals surface area contributed by atoms with E-state index >= 15 is 0 Å². The molecule has 6 nitrogen and oxygen atoms in total. The molecule has 146 valence electrons. The molecular formula is C17H39IN4O2. The van der Waals surface area contributed by atoms with Crippen molar-refractivity contribution in [2.45, 2.75) is 53.1 Å². The molecule has 2 N–H and O–H groups in total. The third-order valence-electron chi connectivity index (χ3n) is 3.49. The van der Waals surface area contributed by atoms with Crippen molar-refractivity contribution in [2.75, 3.05) is 53.1 Å². The van der Waals surface area contributed by atoms with Gasteiger partial charge in [0.1, 0.15) is 0 Å². The van der Waals surface area contributed by atoms with Crippen LogP contribution in [0.15, 0.2) is 4.99 Å². The van der Waals surface area contributed by atoms with E-state index in [0.717, 1.165) is 38.6 Å². The van der Waals surface area contributed by atoms with Crippen LogP contribution in [-0.4, -0.2) is 76.1 Å². The molecular weight excluding hydrogens is 419 g/mol. The van der Waals surface area contributed by atoms with Crippen molar-refractivity contribution in [1.82, 2.24) is 15.5 Å². The fourth-order valence-electron chi connectivity index (χ4n) is 2.38. The number of hydrogen-bond donors (Lipinski definition) is 2. The van der Waals surface area contributed by atoms with Gasteiger partial charge < -0.3 is 20.1 Å². The van der Waals surface area contributed by atoms with Gasteiger partial charge in [0.2, 0.25) is 0 Å². The van der Waals surface area contributed by atoms with E-state index in [2.05, 4.69) is 55.1 Å². The van der Waals surface area contributed by atoms with Crippen LogP contribution in [0.25, 0.3) is 0 Å². The van der Waals surface area contributed by atoms with Crippen molar-refractivity contribution >= 4 is 29.9 Å². The highest BCUT2D eigenvalue weighted by Gasteiger charge is 2.12. The summed E-state index contributed by atoms with van der Waals surface area (Å²) in [4.78, 5) is 7.13. The first-order chi connectivity index (χ1) is 11.0. The second-order valence-electron chi connectivity index (χ2n) is 6.07. The maximum Gasteiger partial charge on any atom is 0.191 e. The van der Waals surface area contributed by atoms with Gasteiger partial charge in [-0.05, 0) is 41.0 Å². The highest BCUT2D eigenvalue weighted by atomic mass is 127. The number of aliphatic imine (C=N–C) groups is 1. The molecule has 0 saturated carbocycles. The first kappa shape index (κ1) is 26.1. The average molecular weight is 458 g/mol. The quantitative estimate of drug-likeness (QED) is 0.192. The predicted octanol–water partition coefficient (Wildman–Crippen LogP) is 2.33. The lowest BCUT2D eigenvalue weighted by Gasteiger charge is -2.30. The van der Waals surface area contributed by atoms with Crippen molar-refractivity contribution in [1.29, 1.82) is 0 Å². The van der Waals surface area contributed by atoms with Crippen LogP contribution in [-0.2, 0) is 9.47 Å². The van der Waals surface area contributed by atoms with Crippen LogP contribution in [0.5, 0.6) is 0 Å². The minimum Gasteiger partial charge on any atom is -0.382 e. The molecule has 0 atom stereocenters. The fourth-order valence-corrected chi connectivity index (χ4v) is 2.38. The van der Waals surface area contributed by atoms with Crippen molar-refractivity contribution in [3.05, 3.63) is 0 Å². The van der Waals surface area contributed by atoms with E-state index in [1.165, 1.54) is 0 Å². The van der Waals surface area contributed by atoms with Gasteiger partial charge in [0.05, 0.1) is 19.8 Å². The topological polar surface area (TPSA) is 58.1 Å². The highest BCUT2D eigenvalue weighted by molar-refractivity contribution is 14.0. The Balaban J connectivity index is 0. The standard InChI is InChI=1S/C17H38N4O2.HI/c1-7-18-17(20-10-12-23-14-13-22-6)19-9-8-11-21(15(2)3)16(4)5;/h15-16H,7-14H2,1-6H3,(H2,18,19,20);1H. The molecule has 0 radical (unpaired) electrons. The molecule has 0 saturated heterocycles. The summed E-state index contributed by atoms with van der Waals surface area (Å²) in [5, 5.41) is 6.55. The second-order valence-corrected chi connectivity index (χ2v) is 6.07. The van der Waals surface area contributed by atoms with Crippen LogP contribution >= 0.6 is 24.0 Å². The fraction of sp³-hybridized carbons (Fsp3) is 0.941. The molecule has 0 unspecified atom stereocenters. The Morgan fingerprint density at radius 3 is 2.25 bits per heavy atom. The van der Waals surface area contributed by atoms with Crippen LogP contribution < -0.4 is 10.6 Å². The zero-order valence-corrected chi connectivity index (χ0v) is 18.8. The molecule has 0 rings (SSSR count). The van der Waals surface area contributed by atoms with E-state index in [1.54, 1.807) is 7.11 Å². The number of guanidine groups is 1. The number of methoxy groups -OCH3 is 1. The maximum absolute atomic E-state index is 5.44. The minimum atomic E-state index is 0. The largest absolute Gasteiger partial charge is 0.382 e. The van der Waals surface area contributed by atoms with Crippen molar-refractivity contribution in [3.8, 4) is 0 Å². The van der Waals surface area contributed by atoms with Crippen molar-refractivity contribution in [3.63, 3.8) is 0 Å². The van der Waals surface area contributed by atoms with Gasteiger partial charge in [-0.15, -0.1) is 24.0 Å². The molecule has 0 aliphatic carbocycles. The first-order valence-corrected chi connectivity index (χ1v) is 8.87. The van der Waals surface area contributed by atoms with Crippen LogP contribution in [0.4, 0.5) is 0 Å². The van der Waals surface area contributed by atoms with Crippen LogP contribution in [0.3, 0.4) is 0 Å². The molecule has 0 aromatic rings. The summed E-state index contributed by atoms with van der Waals surface area (Å²) in [5.41, 5.74) is 0. The van der Waals surface area contributed by atoms with Gasteiger partial charge in [-0.25, -0.2) is 0 Å². The second kappa shape index (κ2) is 17.7. The molecule has 7 heteroatoms. The van der Waals surface area contributed by atoms with Gasteiger partial charge in [0.25, 0.3) is 0 Å². The number of nitrogens with one attached hydrogen (secondary N) is 2. The molecule has 0 aliphatic heterocycles. The van der Waals surface area contributed by atoms with Gasteiger partial charge in [0.15, 0.2) is 5.96 Å². The molecule has 0 heterocycles. The van der Waals surface area contributed by atoms with E-state index in [4.69, 9.17) is 9.47 Å². The summed E-state index contributed by atoms with van der Waals surface area (Å²) >= 11 is 0. The predicted molar refractivity (Wildman–Crippen MR) is 114 cm³/mol. The average Bonchev–Trinajstić information content (AvgIpc) is 2.49. The Labute approximate surface area is 166 Å². The minimum absolute atomic E-state index is 0. The summed E-state index contributed by atoms with van der Waals surface area (Å²) < 4.78 is 10.4. The van der Waals surface area contributed by atoms with Gasteiger partial charge in [-0.3, -0.25) is 9.89 Å². The lowest BCUT2D eigenvalue weighted by molar-refractivity contribution is 0.0733. The Kier molecular flexibility index (Phi) is 19.3. The number of rotatable bonds is 13. The van der Waals surface area contributed by atoms with E-state index in [1.807, 2.05) is 0 Å². The Morgan fingerprint density at radius 2 is 1.71 bits per heavy atom. The number of ether oxygens (including phenoxy) is 2. The Hall–Kier alpha value is -0.120. The van der Waals surface area contributed by atoms with Gasteiger partial charge in [-0.2, -0.15) is 0 Å². The number of nitrogens with zero attached hydrogens (tertiary/aromatic N) is 2. The lowest BCUT2D eigenvalue weighted by atomic mass is 10.2. The van der Waals surface area contributed by atoms with Gasteiger partial charge in [0, 0.05) is 45.4 Å². The van der Waals surface area contributed by atoms with E-state index in [-0.39, 0.29) is 24.0 Å². The third kappa shape index (κ3) is 14.2. The van der Waals surface area contributed by atoms with Crippen LogP contribution in [0.2, 0.25) is 0 Å². The van der Waals surface area contributed by atoms with E-state index < -0.39 is 0 Å². The molecule has 0 aromatic heterocycles. The van der Waals surface area contributed by atoms with E-state index in [0.29, 0.717) is 31.9 Å². The number of hydrogen-bond acceptors (Lipinski definition) is 4. The monoisotopic (exact) mass is 458 g/mol. The molecule has 24 heavy (non-hydrogen) atoms. The van der Waals surface area contributed by atoms with Gasteiger partial charge in [-0.1, -0.05) is 0 Å². The summed E-state index contributed by atoms with van der Waals surface area (Å²) in [5.74, 6) is 0.864.